The molecule has 154 valence electrons. The monoisotopic (exact) mass is 438 g/mol. The van der Waals surface area contributed by atoms with Gasteiger partial charge in [-0.05, 0) is 50.1 Å². The molecular weight excluding hydrogens is 416 g/mol. The van der Waals surface area contributed by atoms with E-state index in [2.05, 4.69) is 39.6 Å². The number of hydrogen-bond donors (Lipinski definition) is 2. The van der Waals surface area contributed by atoms with Gasteiger partial charge in [-0.1, -0.05) is 6.42 Å². The molecule has 0 bridgehead atoms. The predicted molar refractivity (Wildman–Crippen MR) is 123 cm³/mol. The number of nitrogens with one attached hydrogen (secondary N) is 1. The fourth-order valence-corrected chi connectivity index (χ4v) is 6.22. The summed E-state index contributed by atoms with van der Waals surface area (Å²) in [5.74, 6) is 0.196. The fourth-order valence-electron chi connectivity index (χ4n) is 4.30. The number of aromatic nitrogens is 2. The SMILES string of the molecule is CC1C(c2cc3c(Nc4ccc5scnc5c4)ccnc3s2)CCCCN1C(=O)O. The molecule has 0 radical (unpaired) electrons. The second-order valence-corrected chi connectivity index (χ2v) is 9.65. The van der Waals surface area contributed by atoms with Gasteiger partial charge in [0.25, 0.3) is 0 Å². The molecule has 3 aromatic heterocycles. The Kier molecular flexibility index (Phi) is 5.04. The summed E-state index contributed by atoms with van der Waals surface area (Å²) in [6, 6.07) is 10.4. The predicted octanol–water partition coefficient (Wildman–Crippen LogP) is 6.29. The molecule has 2 atom stereocenters. The van der Waals surface area contributed by atoms with Gasteiger partial charge in [-0.2, -0.15) is 0 Å². The van der Waals surface area contributed by atoms with E-state index in [1.807, 2.05) is 24.7 Å². The van der Waals surface area contributed by atoms with Crippen LogP contribution in [0.15, 0.2) is 42.0 Å². The van der Waals surface area contributed by atoms with Crippen LogP contribution in [0.25, 0.3) is 20.4 Å². The Morgan fingerprint density at radius 3 is 3.00 bits per heavy atom. The molecule has 8 heteroatoms. The minimum Gasteiger partial charge on any atom is -0.465 e. The van der Waals surface area contributed by atoms with Crippen LogP contribution in [0, 0.1) is 0 Å². The van der Waals surface area contributed by atoms with Crippen LogP contribution in [-0.2, 0) is 0 Å². The van der Waals surface area contributed by atoms with Crippen molar-refractivity contribution in [3.63, 3.8) is 0 Å². The van der Waals surface area contributed by atoms with Gasteiger partial charge in [0.1, 0.15) is 4.83 Å². The lowest BCUT2D eigenvalue weighted by molar-refractivity contribution is 0.125. The fraction of sp³-hybridized carbons (Fsp3) is 0.318. The number of anilines is 2. The molecule has 1 fully saturated rings. The number of nitrogens with zero attached hydrogens (tertiary/aromatic N) is 3. The molecular formula is C22H22N4O2S2. The van der Waals surface area contributed by atoms with Crippen LogP contribution >= 0.6 is 22.7 Å². The van der Waals surface area contributed by atoms with Crippen molar-refractivity contribution in [2.75, 3.05) is 11.9 Å². The van der Waals surface area contributed by atoms with Crippen molar-refractivity contribution in [3.8, 4) is 0 Å². The van der Waals surface area contributed by atoms with E-state index in [0.29, 0.717) is 6.54 Å². The zero-order chi connectivity index (χ0) is 20.7. The van der Waals surface area contributed by atoms with Crippen LogP contribution in [0.3, 0.4) is 0 Å². The second-order valence-electron chi connectivity index (χ2n) is 7.70. The van der Waals surface area contributed by atoms with E-state index in [1.54, 1.807) is 27.6 Å². The molecule has 1 saturated heterocycles. The molecule has 30 heavy (non-hydrogen) atoms. The van der Waals surface area contributed by atoms with Crippen LogP contribution < -0.4 is 5.32 Å². The van der Waals surface area contributed by atoms with Gasteiger partial charge in [0.15, 0.2) is 0 Å². The number of thiazole rings is 1. The van der Waals surface area contributed by atoms with Gasteiger partial charge in [-0.25, -0.2) is 14.8 Å². The maximum atomic E-state index is 11.7. The molecule has 0 saturated carbocycles. The molecule has 1 aliphatic heterocycles. The maximum absolute atomic E-state index is 11.7. The minimum atomic E-state index is -0.826. The number of pyridine rings is 1. The Bertz CT molecular complexity index is 1220. The first-order valence-electron chi connectivity index (χ1n) is 10.1. The molecule has 5 rings (SSSR count). The molecule has 4 heterocycles. The smallest absolute Gasteiger partial charge is 0.407 e. The second kappa shape index (κ2) is 7.85. The Morgan fingerprint density at radius 2 is 2.13 bits per heavy atom. The summed E-state index contributed by atoms with van der Waals surface area (Å²) in [7, 11) is 0. The lowest BCUT2D eigenvalue weighted by atomic mass is 9.94. The van der Waals surface area contributed by atoms with Crippen molar-refractivity contribution < 1.29 is 9.90 Å². The summed E-state index contributed by atoms with van der Waals surface area (Å²) in [6.45, 7) is 2.65. The van der Waals surface area contributed by atoms with Gasteiger partial charge in [0, 0.05) is 40.7 Å². The topological polar surface area (TPSA) is 78.4 Å². The largest absolute Gasteiger partial charge is 0.465 e. The quantitative estimate of drug-likeness (QED) is 0.393. The number of benzene rings is 1. The number of carbonyl (C=O) groups is 1. The minimum absolute atomic E-state index is 0.0402. The van der Waals surface area contributed by atoms with Gasteiger partial charge in [0.05, 0.1) is 21.4 Å². The summed E-state index contributed by atoms with van der Waals surface area (Å²) >= 11 is 3.31. The summed E-state index contributed by atoms with van der Waals surface area (Å²) in [4.78, 5) is 24.5. The van der Waals surface area contributed by atoms with Crippen molar-refractivity contribution in [3.05, 3.63) is 46.9 Å². The summed E-state index contributed by atoms with van der Waals surface area (Å²) < 4.78 is 1.17. The number of likely N-dealkylation sites (tertiary alicyclic amines) is 1. The van der Waals surface area contributed by atoms with Gasteiger partial charge in [-0.3, -0.25) is 0 Å². The Hall–Kier alpha value is -2.71. The Morgan fingerprint density at radius 1 is 1.23 bits per heavy atom. The lowest BCUT2D eigenvalue weighted by Crippen LogP contribution is -2.40. The van der Waals surface area contributed by atoms with E-state index >= 15 is 0 Å². The van der Waals surface area contributed by atoms with Crippen molar-refractivity contribution in [2.24, 2.45) is 0 Å². The third-order valence-corrected chi connectivity index (χ3v) is 7.90. The molecule has 2 N–H and O–H groups in total. The van der Waals surface area contributed by atoms with E-state index in [1.165, 1.54) is 9.58 Å². The molecule has 0 spiro atoms. The normalized spacial score (nSPS) is 19.8. The summed E-state index contributed by atoms with van der Waals surface area (Å²) in [6.07, 6.45) is 3.96. The average Bonchev–Trinajstić information content (AvgIpc) is 3.32. The zero-order valence-electron chi connectivity index (χ0n) is 16.5. The van der Waals surface area contributed by atoms with Crippen molar-refractivity contribution in [2.45, 2.75) is 38.1 Å². The molecule has 1 aliphatic rings. The summed E-state index contributed by atoms with van der Waals surface area (Å²) in [5, 5.41) is 14.2. The van der Waals surface area contributed by atoms with Crippen molar-refractivity contribution >= 4 is 60.6 Å². The number of amides is 1. The molecule has 2 unspecified atom stereocenters. The highest BCUT2D eigenvalue weighted by Crippen LogP contribution is 2.40. The van der Waals surface area contributed by atoms with Crippen LogP contribution in [0.4, 0.5) is 16.2 Å². The molecule has 1 amide bonds. The maximum Gasteiger partial charge on any atom is 0.407 e. The van der Waals surface area contributed by atoms with Gasteiger partial charge in [0.2, 0.25) is 0 Å². The van der Waals surface area contributed by atoms with E-state index < -0.39 is 6.09 Å². The van der Waals surface area contributed by atoms with Crippen LogP contribution in [0.1, 0.15) is 37.0 Å². The van der Waals surface area contributed by atoms with Gasteiger partial charge < -0.3 is 15.3 Å². The van der Waals surface area contributed by atoms with E-state index in [-0.39, 0.29) is 12.0 Å². The number of fused-ring (bicyclic) bond motifs is 2. The van der Waals surface area contributed by atoms with Crippen LogP contribution in [0.5, 0.6) is 0 Å². The average molecular weight is 439 g/mol. The molecule has 1 aromatic carbocycles. The van der Waals surface area contributed by atoms with E-state index in [9.17, 15) is 9.90 Å². The number of hydrogen-bond acceptors (Lipinski definition) is 6. The zero-order valence-corrected chi connectivity index (χ0v) is 18.2. The third kappa shape index (κ3) is 3.50. The first-order valence-corrected chi connectivity index (χ1v) is 11.8. The van der Waals surface area contributed by atoms with E-state index in [0.717, 1.165) is 46.4 Å². The highest BCUT2D eigenvalue weighted by atomic mass is 32.1. The first kappa shape index (κ1) is 19.3. The Balaban J connectivity index is 1.49. The van der Waals surface area contributed by atoms with Crippen LogP contribution in [0.2, 0.25) is 0 Å². The first-order chi connectivity index (χ1) is 14.6. The molecule has 4 aromatic rings. The highest BCUT2D eigenvalue weighted by molar-refractivity contribution is 7.18. The van der Waals surface area contributed by atoms with Crippen molar-refractivity contribution in [1.82, 2.24) is 14.9 Å². The van der Waals surface area contributed by atoms with Crippen molar-refractivity contribution in [1.29, 1.82) is 0 Å². The highest BCUT2D eigenvalue weighted by Gasteiger charge is 2.31. The van der Waals surface area contributed by atoms with Gasteiger partial charge in [-0.15, -0.1) is 22.7 Å². The lowest BCUT2D eigenvalue weighted by Gasteiger charge is -2.29. The van der Waals surface area contributed by atoms with Gasteiger partial charge >= 0.3 is 6.09 Å². The molecule has 6 nitrogen and oxygen atoms in total. The number of thiophene rings is 1. The number of rotatable bonds is 3. The molecule has 0 aliphatic carbocycles. The standard InChI is InChI=1S/C22H22N4O2S2/c1-13-15(4-2-3-9-26(13)22(27)28)20-11-16-17(7-8-23-21(16)30-20)25-14-5-6-19-18(10-14)24-12-29-19/h5-8,10-13,15H,2-4,9H2,1H3,(H,23,25)(H,27,28). The van der Waals surface area contributed by atoms with E-state index in [4.69, 9.17) is 0 Å². The summed E-state index contributed by atoms with van der Waals surface area (Å²) in [5.41, 5.74) is 4.85. The van der Waals surface area contributed by atoms with Crippen LogP contribution in [-0.4, -0.2) is 38.7 Å². The number of carboxylic acid groups (broad SMARTS) is 1. The third-order valence-electron chi connectivity index (χ3n) is 5.91. The Labute approximate surface area is 182 Å².